The minimum absolute atomic E-state index is 0.00339. The van der Waals surface area contributed by atoms with E-state index in [-0.39, 0.29) is 97.1 Å². The lowest BCUT2D eigenvalue weighted by Gasteiger charge is -2.52. The van der Waals surface area contributed by atoms with Gasteiger partial charge in [-0.15, -0.1) is 0 Å². The molecule has 5 aromatic heterocycles. The number of Topliss-reactive ketones (excluding diaryl/α,β-unsaturated/α-hetero) is 5. The molecule has 5 N–H and O–H groups in total. The van der Waals surface area contributed by atoms with Crippen LogP contribution in [-0.2, 0) is 120 Å². The summed E-state index contributed by atoms with van der Waals surface area (Å²) in [7, 11) is 12.5. The third-order valence-electron chi connectivity index (χ3n) is 36.8. The van der Waals surface area contributed by atoms with Crippen LogP contribution < -0.4 is 0 Å². The number of hydrogen-bond donors (Lipinski definition) is 5. The highest BCUT2D eigenvalue weighted by Crippen LogP contribution is 2.55. The highest BCUT2D eigenvalue weighted by atomic mass is 19.4. The van der Waals surface area contributed by atoms with E-state index in [1.807, 2.05) is 39.2 Å². The minimum atomic E-state index is -5.09. The maximum atomic E-state index is 13.8. The zero-order chi connectivity index (χ0) is 103. The average Bonchev–Trinajstić information content (AvgIpc) is 1.59. The van der Waals surface area contributed by atoms with E-state index < -0.39 is 79.4 Å². The third-order valence-corrected chi connectivity index (χ3v) is 36.8. The van der Waals surface area contributed by atoms with Crippen molar-refractivity contribution in [1.82, 2.24) is 47.3 Å². The molecule has 0 radical (unpaired) electrons. The summed E-state index contributed by atoms with van der Waals surface area (Å²) in [6.07, 6.45) is 18.1. The molecule has 5 aliphatic carbocycles. The summed E-state index contributed by atoms with van der Waals surface area (Å²) < 4.78 is 105. The molecule has 780 valence electrons. The van der Waals surface area contributed by atoms with Gasteiger partial charge in [0.15, 0.2) is 0 Å². The van der Waals surface area contributed by atoms with Crippen molar-refractivity contribution in [2.45, 2.75) is 256 Å². The molecule has 9 aliphatic heterocycles. The molecule has 14 heterocycles. The van der Waals surface area contributed by atoms with Crippen LogP contribution in [0.2, 0.25) is 0 Å². The summed E-state index contributed by atoms with van der Waals surface area (Å²) in [4.78, 5) is 76.2. The molecule has 14 aliphatic rings. The number of likely N-dealkylation sites (N-methyl/N-ethyl adjacent to an activating group) is 5. The smallest absolute Gasteiger partial charge is 0.396 e. The first-order valence-electron chi connectivity index (χ1n) is 53.9. The maximum Gasteiger partial charge on any atom is 0.420 e. The molecule has 10 aromatic rings. The van der Waals surface area contributed by atoms with Crippen LogP contribution in [0, 0.1) is 59.2 Å². The summed E-state index contributed by atoms with van der Waals surface area (Å²) in [5.41, 5.74) is 30.7. The summed E-state index contributed by atoms with van der Waals surface area (Å²) in [5.74, 6) is -7.97. The van der Waals surface area contributed by atoms with E-state index in [2.05, 4.69) is 193 Å². The fourth-order valence-corrected chi connectivity index (χ4v) is 28.7. The minimum Gasteiger partial charge on any atom is -0.396 e. The van der Waals surface area contributed by atoms with Crippen LogP contribution in [0.15, 0.2) is 121 Å². The molecule has 1 fully saturated rings. The van der Waals surface area contributed by atoms with E-state index >= 15 is 0 Å². The topological polar surface area (TPSA) is 227 Å². The Balaban J connectivity index is 0.000000111. The number of aryl methyl sites for hydroxylation is 5. The number of carbonyl (C=O) groups excluding carboxylic acids is 5. The number of ketones is 5. The van der Waals surface area contributed by atoms with Crippen molar-refractivity contribution in [2.24, 2.45) is 66.2 Å². The van der Waals surface area contributed by atoms with Gasteiger partial charge in [0, 0.05) is 285 Å². The number of likely N-dealkylation sites (tertiary alicyclic amines) is 1. The number of piperidine rings is 1. The van der Waals surface area contributed by atoms with Gasteiger partial charge in [0.05, 0.1) is 12.5 Å². The Kier molecular flexibility index (Phi) is 29.2. The second-order valence-corrected chi connectivity index (χ2v) is 45.6. The number of fused-ring (bicyclic) bond motifs is 22. The molecule has 0 saturated carbocycles. The van der Waals surface area contributed by atoms with Gasteiger partial charge in [-0.1, -0.05) is 119 Å². The van der Waals surface area contributed by atoms with Crippen molar-refractivity contribution in [1.29, 1.82) is 0 Å². The zero-order valence-electron chi connectivity index (χ0n) is 86.5. The highest BCUT2D eigenvalue weighted by Gasteiger charge is 2.53. The number of benzene rings is 5. The molecule has 5 aromatic carbocycles. The van der Waals surface area contributed by atoms with E-state index in [1.54, 1.807) is 11.3 Å². The lowest BCUT2D eigenvalue weighted by Crippen LogP contribution is -2.58. The SMILES string of the molecule is CC(F)C(CO)CC(=O)C1C=C2c3cccc4c3c(c3n4CCC3)CC2N(C)C1.CCC(CO)CC(=O)C1C=C2c3cccc4c3c(cn4C)CC2N(C)C1.CCC(CO)CC(=O)C1CN(C)C2Cc3c4n(c5cccc(c35)C2(C)C1)CCC4.CN1CC(C(=O)CC(CO)C(C)(F)F)C=C2c3cccc4c3c(c3n4CCC3)CC21.CN1CC(C(=O)CC(CO)C(F)C(F)(F)F)C=C2c3cccc4c3c(c3n4CCC3)CC21. The largest absolute Gasteiger partial charge is 0.420 e. The lowest BCUT2D eigenvalue weighted by molar-refractivity contribution is -0.198. The summed E-state index contributed by atoms with van der Waals surface area (Å²) >= 11 is 0. The summed E-state index contributed by atoms with van der Waals surface area (Å²) in [6, 6.07) is 33.9. The van der Waals surface area contributed by atoms with Crippen LogP contribution >= 0.6 is 0 Å². The molecule has 0 amide bonds. The molecule has 27 heteroatoms. The number of carbonyl (C=O) groups is 5. The predicted octanol–water partition coefficient (Wildman–Crippen LogP) is 17.7. The van der Waals surface area contributed by atoms with E-state index in [1.165, 1.54) is 160 Å². The monoisotopic (exact) mass is 2010 g/mol. The Bertz CT molecular complexity index is 6870. The standard InChI is InChI=1S/C25H34N2O2.C24H26F4N2O2.C24H28F2N2O2.C24H29FN2O2.C22H28N2O2/c1-4-16(15-28)11-22(29)17-13-25(2)19-7-5-8-21-24(19)18(12-23(25)26(3)14-17)20-9-6-10-27(20)21;1-29-11-13(21(32)9-14(12-31)23(25)24(26,27)28)8-16-15-4-2-5-19-22(15)17(10-20(16)29)18-6-3-7-30(18)19;1-24(25,26)15(13-29)10-22(30)14-9-17-16-5-3-6-20-23(16)18(11-21(17)27(2)12-14)19-7-4-8-28(19)20;1-14(25)16(13-28)10-23(29)15-9-18-17-5-3-6-21-24(17)19(11-22(18)26(2)12-15)20-7-4-8-27(20)21;1-4-14(13-25)8-21(26)15-9-18-17-6-5-7-19-22(17)16(12-23(19)2)10-20(18)24(3)11-15/h5,7-8,16-17,23,28H,4,6,9-15H2,1-3H3;2,4-5,8,13-14,20,23,31H,3,6-7,9-12H2,1H3;3,5-6,9,14-15,21,29H,4,7-8,10-13H2,1-2H3;3,5-6,9,14-16,22,28H,4,7-8,10-13H2,1-2H3;5-7,9,12,14-15,20,25H,4,8,10-11,13H2,1-3H3. The van der Waals surface area contributed by atoms with Crippen LogP contribution in [-0.4, -0.2) is 257 Å². The van der Waals surface area contributed by atoms with Gasteiger partial charge >= 0.3 is 6.18 Å². The fraction of sp³-hybridized carbons (Fsp3) is 0.555. The highest BCUT2D eigenvalue weighted by molar-refractivity contribution is 6.05. The molecule has 24 rings (SSSR count). The van der Waals surface area contributed by atoms with Crippen LogP contribution in [0.5, 0.6) is 0 Å². The Hall–Kier alpha value is -9.78. The van der Waals surface area contributed by atoms with Crippen LogP contribution in [0.4, 0.5) is 30.7 Å². The number of halogens is 7. The Labute approximate surface area is 851 Å². The average molecular weight is 2010 g/mol. The first-order chi connectivity index (χ1) is 70.0. The normalized spacial score (nSPS) is 25.6. The molecule has 146 heavy (non-hydrogen) atoms. The summed E-state index contributed by atoms with van der Waals surface area (Å²) in [6.45, 7) is 14.4. The number of nitrogens with zero attached hydrogens (tertiary/aromatic N) is 10. The molecule has 0 bridgehead atoms. The Morgan fingerprint density at radius 3 is 1.14 bits per heavy atom. The number of aromatic nitrogens is 5. The molecule has 20 nitrogen and oxygen atoms in total. The first kappa shape index (κ1) is 103. The van der Waals surface area contributed by atoms with Crippen LogP contribution in [0.25, 0.3) is 76.8 Å². The van der Waals surface area contributed by atoms with E-state index in [0.717, 1.165) is 140 Å². The predicted molar refractivity (Wildman–Crippen MR) is 560 cm³/mol. The molecular formula is C119H145F7N10O10. The van der Waals surface area contributed by atoms with Gasteiger partial charge in [-0.25, -0.2) is 17.6 Å². The van der Waals surface area contributed by atoms with Gasteiger partial charge in [-0.05, 0) is 259 Å². The van der Waals surface area contributed by atoms with Gasteiger partial charge in [0.25, 0.3) is 5.92 Å². The maximum absolute atomic E-state index is 13.8. The molecule has 18 atom stereocenters. The van der Waals surface area contributed by atoms with Crippen LogP contribution in [0.3, 0.4) is 0 Å². The number of rotatable bonds is 25. The van der Waals surface area contributed by atoms with Crippen molar-refractivity contribution in [3.8, 4) is 0 Å². The zero-order valence-corrected chi connectivity index (χ0v) is 86.5. The van der Waals surface area contributed by atoms with Gasteiger partial charge < -0.3 is 53.3 Å². The lowest BCUT2D eigenvalue weighted by atomic mass is 9.61. The molecular weight excluding hydrogens is 1860 g/mol. The van der Waals surface area contributed by atoms with E-state index in [9.17, 15) is 80.2 Å². The van der Waals surface area contributed by atoms with Crippen molar-refractivity contribution >= 4 is 106 Å². The quantitative estimate of drug-likeness (QED) is 0.0335. The van der Waals surface area contributed by atoms with Gasteiger partial charge in [0.1, 0.15) is 35.1 Å². The summed E-state index contributed by atoms with van der Waals surface area (Å²) in [5, 5.41) is 53.8. The van der Waals surface area contributed by atoms with Gasteiger partial charge in [-0.3, -0.25) is 43.6 Å². The second kappa shape index (κ2) is 41.2. The van der Waals surface area contributed by atoms with Crippen molar-refractivity contribution in [2.75, 3.05) is 101 Å². The van der Waals surface area contributed by atoms with Crippen molar-refractivity contribution < 1.29 is 80.2 Å². The second-order valence-electron chi connectivity index (χ2n) is 45.6. The van der Waals surface area contributed by atoms with E-state index in [4.69, 9.17) is 0 Å². The van der Waals surface area contributed by atoms with E-state index in [0.29, 0.717) is 56.4 Å². The number of aliphatic hydroxyl groups excluding tert-OH is 5. The molecule has 1 saturated heterocycles. The van der Waals surface area contributed by atoms with Crippen LogP contribution in [0.1, 0.15) is 190 Å². The fourth-order valence-electron chi connectivity index (χ4n) is 28.7. The number of alkyl halides is 7. The molecule has 0 spiro atoms. The number of aliphatic hydroxyl groups is 5. The van der Waals surface area contributed by atoms with Crippen molar-refractivity contribution in [3.05, 3.63) is 200 Å². The van der Waals surface area contributed by atoms with Crippen molar-refractivity contribution in [3.63, 3.8) is 0 Å². The van der Waals surface area contributed by atoms with Gasteiger partial charge in [0.2, 0.25) is 6.17 Å². The Morgan fingerprint density at radius 2 is 0.767 bits per heavy atom. The molecule has 18 unspecified atom stereocenters. The Morgan fingerprint density at radius 1 is 0.411 bits per heavy atom. The first-order valence-corrected chi connectivity index (χ1v) is 53.9. The van der Waals surface area contributed by atoms with Gasteiger partial charge in [-0.2, -0.15) is 13.2 Å². The number of hydrogen-bond acceptors (Lipinski definition) is 15. The third kappa shape index (κ3) is 18.5.